The fraction of sp³-hybridized carbons (Fsp3) is 1.00. The zero-order valence-electron chi connectivity index (χ0n) is 20.4. The lowest BCUT2D eigenvalue weighted by molar-refractivity contribution is -0.182. The van der Waals surface area contributed by atoms with Gasteiger partial charge in [0.1, 0.15) is 18.3 Å². The van der Waals surface area contributed by atoms with Crippen molar-refractivity contribution in [3.05, 3.63) is 0 Å². The van der Waals surface area contributed by atoms with Gasteiger partial charge in [0.25, 0.3) is 0 Å². The Morgan fingerprint density at radius 1 is 0.533 bits per heavy atom. The Morgan fingerprint density at radius 3 is 1.53 bits per heavy atom. The van der Waals surface area contributed by atoms with Crippen molar-refractivity contribution >= 4 is 0 Å². The molecule has 180 valence electrons. The van der Waals surface area contributed by atoms with Gasteiger partial charge < -0.3 is 23.7 Å². The van der Waals surface area contributed by atoms with Crippen LogP contribution in [0.25, 0.3) is 0 Å². The maximum absolute atomic E-state index is 6.31. The van der Waals surface area contributed by atoms with E-state index >= 15 is 0 Å². The van der Waals surface area contributed by atoms with Gasteiger partial charge in [0.05, 0.1) is 6.61 Å². The molecule has 4 atom stereocenters. The predicted octanol–water partition coefficient (Wildman–Crippen LogP) is 6.28. The zero-order valence-corrected chi connectivity index (χ0v) is 20.4. The highest BCUT2D eigenvalue weighted by Crippen LogP contribution is 2.29. The van der Waals surface area contributed by atoms with E-state index in [4.69, 9.17) is 23.7 Å². The van der Waals surface area contributed by atoms with Crippen LogP contribution in [0.1, 0.15) is 105 Å². The van der Waals surface area contributed by atoms with E-state index in [-0.39, 0.29) is 24.6 Å². The molecule has 1 aliphatic rings. The van der Waals surface area contributed by atoms with E-state index in [0.29, 0.717) is 13.2 Å². The van der Waals surface area contributed by atoms with E-state index < -0.39 is 0 Å². The topological polar surface area (TPSA) is 46.2 Å². The second kappa shape index (κ2) is 19.5. The molecule has 0 unspecified atom stereocenters. The lowest BCUT2D eigenvalue weighted by atomic mass is 10.1. The zero-order chi connectivity index (χ0) is 21.9. The van der Waals surface area contributed by atoms with Crippen molar-refractivity contribution in [2.75, 3.05) is 33.0 Å². The van der Waals surface area contributed by atoms with E-state index in [1.165, 1.54) is 51.4 Å². The monoisotopic (exact) mass is 430 g/mol. The van der Waals surface area contributed by atoms with E-state index in [2.05, 4.69) is 27.7 Å². The first-order valence-electron chi connectivity index (χ1n) is 12.9. The summed E-state index contributed by atoms with van der Waals surface area (Å²) in [6, 6.07) is 0. The lowest BCUT2D eigenvalue weighted by Gasteiger charge is -2.25. The quantitative estimate of drug-likeness (QED) is 0.201. The smallest absolute Gasteiger partial charge is 0.186 e. The van der Waals surface area contributed by atoms with Gasteiger partial charge in [-0.15, -0.1) is 0 Å². The van der Waals surface area contributed by atoms with Crippen molar-refractivity contribution < 1.29 is 23.7 Å². The van der Waals surface area contributed by atoms with Crippen LogP contribution in [-0.2, 0) is 23.7 Å². The van der Waals surface area contributed by atoms with Crippen LogP contribution in [0.4, 0.5) is 0 Å². The molecule has 0 aliphatic carbocycles. The lowest BCUT2D eigenvalue weighted by Crippen LogP contribution is -2.40. The van der Waals surface area contributed by atoms with Crippen molar-refractivity contribution in [3.63, 3.8) is 0 Å². The van der Waals surface area contributed by atoms with Gasteiger partial charge >= 0.3 is 0 Å². The maximum Gasteiger partial charge on any atom is 0.186 e. The molecule has 0 N–H and O–H groups in total. The molecule has 1 rings (SSSR count). The van der Waals surface area contributed by atoms with Crippen molar-refractivity contribution in [2.24, 2.45) is 0 Å². The molecule has 0 saturated carbocycles. The van der Waals surface area contributed by atoms with Crippen LogP contribution in [0.2, 0.25) is 0 Å². The van der Waals surface area contributed by atoms with Gasteiger partial charge in [-0.05, 0) is 25.7 Å². The summed E-state index contributed by atoms with van der Waals surface area (Å²) < 4.78 is 31.0. The molecule has 30 heavy (non-hydrogen) atoms. The van der Waals surface area contributed by atoms with E-state index in [1.54, 1.807) is 0 Å². The minimum absolute atomic E-state index is 0.120. The van der Waals surface area contributed by atoms with Crippen LogP contribution in [0.3, 0.4) is 0 Å². The Morgan fingerprint density at radius 2 is 1.00 bits per heavy atom. The summed E-state index contributed by atoms with van der Waals surface area (Å²) in [4.78, 5) is 0. The molecule has 0 aromatic heterocycles. The van der Waals surface area contributed by atoms with Crippen LogP contribution in [0.5, 0.6) is 0 Å². The second-order valence-electron chi connectivity index (χ2n) is 8.49. The number of hydrogen-bond acceptors (Lipinski definition) is 5. The van der Waals surface area contributed by atoms with Gasteiger partial charge in [0.2, 0.25) is 0 Å². The third kappa shape index (κ3) is 12.0. The van der Waals surface area contributed by atoms with Gasteiger partial charge in [-0.1, -0.05) is 79.1 Å². The Balaban J connectivity index is 2.66. The summed E-state index contributed by atoms with van der Waals surface area (Å²) >= 11 is 0. The van der Waals surface area contributed by atoms with Crippen LogP contribution in [0.15, 0.2) is 0 Å². The Hall–Kier alpha value is -0.200. The van der Waals surface area contributed by atoms with Gasteiger partial charge in [0, 0.05) is 26.4 Å². The molecule has 1 fully saturated rings. The summed E-state index contributed by atoms with van der Waals surface area (Å²) in [5, 5.41) is 0. The standard InChI is InChI=1S/C25H50O5/c1-5-9-13-17-26-21-22-23(27-18-14-10-6-2)24(28-19-15-11-7-3)25(30-22)29-20-16-12-8-4/h22-25H,5-21H2,1-4H3/t22-,23-,24-,25-/m1/s1. The Labute approximate surface area is 186 Å². The Bertz CT molecular complexity index is 365. The highest BCUT2D eigenvalue weighted by Gasteiger charge is 2.47. The highest BCUT2D eigenvalue weighted by molar-refractivity contribution is 4.90. The molecule has 1 heterocycles. The van der Waals surface area contributed by atoms with Gasteiger partial charge in [0.15, 0.2) is 6.29 Å². The third-order valence-corrected chi connectivity index (χ3v) is 5.59. The molecular formula is C25H50O5. The van der Waals surface area contributed by atoms with Crippen molar-refractivity contribution in [3.8, 4) is 0 Å². The van der Waals surface area contributed by atoms with E-state index in [1.807, 2.05) is 0 Å². The molecule has 5 nitrogen and oxygen atoms in total. The molecule has 0 spiro atoms. The van der Waals surface area contributed by atoms with Gasteiger partial charge in [-0.2, -0.15) is 0 Å². The van der Waals surface area contributed by atoms with Gasteiger partial charge in [-0.3, -0.25) is 0 Å². The average molecular weight is 431 g/mol. The van der Waals surface area contributed by atoms with E-state index in [9.17, 15) is 0 Å². The summed E-state index contributed by atoms with van der Waals surface area (Å²) in [6.07, 6.45) is 13.0. The van der Waals surface area contributed by atoms with Crippen LogP contribution in [0, 0.1) is 0 Å². The summed E-state index contributed by atoms with van der Waals surface area (Å²) in [6.45, 7) is 12.3. The summed E-state index contributed by atoms with van der Waals surface area (Å²) in [5.41, 5.74) is 0. The molecule has 1 aliphatic heterocycles. The van der Waals surface area contributed by atoms with E-state index in [0.717, 1.165) is 45.5 Å². The first-order valence-corrected chi connectivity index (χ1v) is 12.9. The van der Waals surface area contributed by atoms with Crippen LogP contribution < -0.4 is 0 Å². The number of rotatable bonds is 21. The second-order valence-corrected chi connectivity index (χ2v) is 8.49. The van der Waals surface area contributed by atoms with Crippen molar-refractivity contribution in [1.29, 1.82) is 0 Å². The molecule has 0 aromatic carbocycles. The summed E-state index contributed by atoms with van der Waals surface area (Å²) in [7, 11) is 0. The molecule has 0 amide bonds. The Kier molecular flexibility index (Phi) is 18.1. The molecule has 0 radical (unpaired) electrons. The average Bonchev–Trinajstić information content (AvgIpc) is 3.08. The third-order valence-electron chi connectivity index (χ3n) is 5.59. The normalized spacial score (nSPS) is 24.0. The molecule has 0 bridgehead atoms. The number of unbranched alkanes of at least 4 members (excludes halogenated alkanes) is 8. The summed E-state index contributed by atoms with van der Waals surface area (Å²) in [5.74, 6) is 0. The SMILES string of the molecule is CCCCCOC[C@H]1O[C@@H](OCCCCC)[C@H](OCCCCC)[C@@H]1OCCCCC. The maximum atomic E-state index is 6.31. The largest absolute Gasteiger partial charge is 0.379 e. The van der Waals surface area contributed by atoms with Crippen LogP contribution in [-0.4, -0.2) is 57.6 Å². The fourth-order valence-electron chi connectivity index (χ4n) is 3.69. The highest BCUT2D eigenvalue weighted by atomic mass is 16.7. The van der Waals surface area contributed by atoms with Crippen molar-refractivity contribution in [1.82, 2.24) is 0 Å². The number of hydrogen-bond donors (Lipinski definition) is 0. The molecular weight excluding hydrogens is 380 g/mol. The minimum Gasteiger partial charge on any atom is -0.379 e. The first-order chi connectivity index (χ1) is 14.8. The first kappa shape index (κ1) is 27.8. The molecule has 1 saturated heterocycles. The number of ether oxygens (including phenoxy) is 5. The van der Waals surface area contributed by atoms with Gasteiger partial charge in [-0.25, -0.2) is 0 Å². The molecule has 5 heteroatoms. The fourth-order valence-corrected chi connectivity index (χ4v) is 3.69. The minimum atomic E-state index is -0.358. The predicted molar refractivity (Wildman–Crippen MR) is 123 cm³/mol. The van der Waals surface area contributed by atoms with Crippen LogP contribution >= 0.6 is 0 Å². The van der Waals surface area contributed by atoms with Crippen molar-refractivity contribution in [2.45, 2.75) is 129 Å². The molecule has 0 aromatic rings.